The van der Waals surface area contributed by atoms with Crippen LogP contribution in [0.4, 0.5) is 8.78 Å². The highest BCUT2D eigenvalue weighted by Gasteiger charge is 2.11. The third kappa shape index (κ3) is 4.26. The number of aryl methyl sites for hydroxylation is 1. The van der Waals surface area contributed by atoms with Gasteiger partial charge >= 0.3 is 5.97 Å². The second-order valence-corrected chi connectivity index (χ2v) is 6.32. The van der Waals surface area contributed by atoms with Crippen LogP contribution in [0, 0.1) is 11.6 Å². The molecule has 3 rings (SSSR count). The van der Waals surface area contributed by atoms with E-state index in [2.05, 4.69) is 6.92 Å². The van der Waals surface area contributed by atoms with E-state index in [1.165, 1.54) is 24.5 Å². The number of rotatable bonds is 6. The van der Waals surface area contributed by atoms with Crippen LogP contribution in [0.5, 0.6) is 5.75 Å². The lowest BCUT2D eigenvalue weighted by molar-refractivity contribution is 0.0735. The lowest BCUT2D eigenvalue weighted by Crippen LogP contribution is -2.08. The standard InChI is InChI=1S/C22H20F2O2/c1-2-3-4-5-15-6-10-19(11-7-15)26-22(25)17-9-8-16-13-20(23)21(24)14-18(16)12-17/h6-14H,2-5H2,1H3. The summed E-state index contributed by atoms with van der Waals surface area (Å²) in [6.45, 7) is 2.17. The van der Waals surface area contributed by atoms with Gasteiger partial charge in [0.25, 0.3) is 0 Å². The van der Waals surface area contributed by atoms with E-state index in [-0.39, 0.29) is 5.56 Å². The first-order chi connectivity index (χ1) is 12.6. The van der Waals surface area contributed by atoms with Crippen molar-refractivity contribution in [2.45, 2.75) is 32.6 Å². The van der Waals surface area contributed by atoms with E-state index in [0.29, 0.717) is 16.5 Å². The van der Waals surface area contributed by atoms with Gasteiger partial charge in [-0.15, -0.1) is 0 Å². The van der Waals surface area contributed by atoms with Crippen LogP contribution in [0.3, 0.4) is 0 Å². The van der Waals surface area contributed by atoms with E-state index in [1.54, 1.807) is 24.3 Å². The Morgan fingerprint density at radius 2 is 1.58 bits per heavy atom. The van der Waals surface area contributed by atoms with Gasteiger partial charge in [-0.1, -0.05) is 38.0 Å². The number of unbranched alkanes of at least 4 members (excludes halogenated alkanes) is 2. The molecule has 0 aliphatic carbocycles. The average Bonchev–Trinajstić information content (AvgIpc) is 2.64. The Hall–Kier alpha value is -2.75. The number of ether oxygens (including phenoxy) is 1. The van der Waals surface area contributed by atoms with Gasteiger partial charge in [0.05, 0.1) is 5.56 Å². The van der Waals surface area contributed by atoms with Gasteiger partial charge in [0.2, 0.25) is 0 Å². The van der Waals surface area contributed by atoms with Crippen LogP contribution >= 0.6 is 0 Å². The number of hydrogen-bond donors (Lipinski definition) is 0. The first-order valence-electron chi connectivity index (χ1n) is 8.77. The van der Waals surface area contributed by atoms with Crippen LogP contribution in [-0.4, -0.2) is 5.97 Å². The molecule has 0 spiro atoms. The van der Waals surface area contributed by atoms with Crippen LogP contribution in [0.25, 0.3) is 10.8 Å². The number of carbonyl (C=O) groups is 1. The zero-order valence-electron chi connectivity index (χ0n) is 14.6. The van der Waals surface area contributed by atoms with Crippen LogP contribution < -0.4 is 4.74 Å². The van der Waals surface area contributed by atoms with Crippen molar-refractivity contribution in [2.24, 2.45) is 0 Å². The first-order valence-corrected chi connectivity index (χ1v) is 8.77. The number of halogens is 2. The molecule has 0 unspecified atom stereocenters. The highest BCUT2D eigenvalue weighted by molar-refractivity contribution is 5.96. The Kier molecular flexibility index (Phi) is 5.61. The summed E-state index contributed by atoms with van der Waals surface area (Å²) < 4.78 is 32.0. The molecule has 0 saturated heterocycles. The van der Waals surface area contributed by atoms with E-state index in [9.17, 15) is 13.6 Å². The maximum Gasteiger partial charge on any atom is 0.343 e. The fourth-order valence-electron chi connectivity index (χ4n) is 2.84. The number of hydrogen-bond acceptors (Lipinski definition) is 2. The Morgan fingerprint density at radius 3 is 2.27 bits per heavy atom. The summed E-state index contributed by atoms with van der Waals surface area (Å²) in [4.78, 5) is 12.3. The third-order valence-corrected chi connectivity index (χ3v) is 4.32. The fraction of sp³-hybridized carbons (Fsp3) is 0.227. The normalized spacial score (nSPS) is 10.9. The minimum atomic E-state index is -0.943. The van der Waals surface area contributed by atoms with E-state index in [4.69, 9.17) is 4.74 Å². The SMILES string of the molecule is CCCCCc1ccc(OC(=O)c2ccc3cc(F)c(F)cc3c2)cc1. The molecule has 3 aromatic rings. The monoisotopic (exact) mass is 354 g/mol. The molecule has 134 valence electrons. The predicted molar refractivity (Wildman–Crippen MR) is 98.5 cm³/mol. The molecule has 0 radical (unpaired) electrons. The summed E-state index contributed by atoms with van der Waals surface area (Å²) in [5, 5.41) is 0.974. The summed E-state index contributed by atoms with van der Waals surface area (Å²) in [7, 11) is 0. The molecule has 0 fully saturated rings. The van der Waals surface area contributed by atoms with Gasteiger partial charge in [0.15, 0.2) is 11.6 Å². The van der Waals surface area contributed by atoms with Crippen molar-refractivity contribution in [1.82, 2.24) is 0 Å². The Balaban J connectivity index is 1.71. The van der Waals surface area contributed by atoms with Crippen LogP contribution in [0.15, 0.2) is 54.6 Å². The summed E-state index contributed by atoms with van der Waals surface area (Å²) in [6.07, 6.45) is 4.53. The maximum absolute atomic E-state index is 13.4. The molecule has 2 nitrogen and oxygen atoms in total. The van der Waals surface area contributed by atoms with Crippen molar-refractivity contribution in [3.63, 3.8) is 0 Å². The van der Waals surface area contributed by atoms with Crippen molar-refractivity contribution >= 4 is 16.7 Å². The second kappa shape index (κ2) is 8.09. The van der Waals surface area contributed by atoms with Gasteiger partial charge in [-0.25, -0.2) is 13.6 Å². The Bertz CT molecular complexity index is 917. The Morgan fingerprint density at radius 1 is 0.885 bits per heavy atom. The van der Waals surface area contributed by atoms with Gasteiger partial charge in [-0.05, 0) is 65.6 Å². The van der Waals surface area contributed by atoms with E-state index >= 15 is 0 Å². The van der Waals surface area contributed by atoms with Crippen molar-refractivity contribution in [3.05, 3.63) is 77.4 Å². The lowest BCUT2D eigenvalue weighted by Gasteiger charge is -2.07. The zero-order chi connectivity index (χ0) is 18.5. The molecule has 0 aliphatic rings. The molecule has 0 aliphatic heterocycles. The summed E-state index contributed by atoms with van der Waals surface area (Å²) in [6, 6.07) is 14.3. The molecule has 26 heavy (non-hydrogen) atoms. The van der Waals surface area contributed by atoms with Crippen LogP contribution in [0.1, 0.15) is 42.1 Å². The van der Waals surface area contributed by atoms with Crippen molar-refractivity contribution in [3.8, 4) is 5.75 Å². The topological polar surface area (TPSA) is 26.3 Å². The molecule has 0 heterocycles. The molecule has 0 aromatic heterocycles. The third-order valence-electron chi connectivity index (χ3n) is 4.32. The molecule has 0 saturated carbocycles. The van der Waals surface area contributed by atoms with Crippen molar-refractivity contribution < 1.29 is 18.3 Å². The molecule has 3 aromatic carbocycles. The number of esters is 1. The molecule has 0 bridgehead atoms. The quantitative estimate of drug-likeness (QED) is 0.305. The minimum absolute atomic E-state index is 0.288. The smallest absolute Gasteiger partial charge is 0.343 e. The summed E-state index contributed by atoms with van der Waals surface area (Å²) in [5.74, 6) is -1.93. The highest BCUT2D eigenvalue weighted by Crippen LogP contribution is 2.21. The van der Waals surface area contributed by atoms with Crippen molar-refractivity contribution in [2.75, 3.05) is 0 Å². The van der Waals surface area contributed by atoms with Gasteiger partial charge in [0.1, 0.15) is 5.75 Å². The van der Waals surface area contributed by atoms with E-state index in [0.717, 1.165) is 25.0 Å². The average molecular weight is 354 g/mol. The number of carbonyl (C=O) groups excluding carboxylic acids is 1. The number of benzene rings is 3. The molecule has 0 atom stereocenters. The maximum atomic E-state index is 13.4. The fourth-order valence-corrected chi connectivity index (χ4v) is 2.84. The van der Waals surface area contributed by atoms with E-state index in [1.807, 2.05) is 12.1 Å². The van der Waals surface area contributed by atoms with Crippen LogP contribution in [-0.2, 0) is 6.42 Å². The molecular formula is C22H20F2O2. The second-order valence-electron chi connectivity index (χ2n) is 6.32. The summed E-state index contributed by atoms with van der Waals surface area (Å²) in [5.41, 5.74) is 1.50. The van der Waals surface area contributed by atoms with Gasteiger partial charge in [-0.2, -0.15) is 0 Å². The van der Waals surface area contributed by atoms with Gasteiger partial charge < -0.3 is 4.74 Å². The molecular weight excluding hydrogens is 334 g/mol. The van der Waals surface area contributed by atoms with Crippen molar-refractivity contribution in [1.29, 1.82) is 0 Å². The van der Waals surface area contributed by atoms with E-state index < -0.39 is 17.6 Å². The molecule has 4 heteroatoms. The van der Waals surface area contributed by atoms with Gasteiger partial charge in [-0.3, -0.25) is 0 Å². The lowest BCUT2D eigenvalue weighted by atomic mass is 10.1. The minimum Gasteiger partial charge on any atom is -0.423 e. The molecule has 0 N–H and O–H groups in total. The number of fused-ring (bicyclic) bond motifs is 1. The first kappa shape index (κ1) is 18.1. The zero-order valence-corrected chi connectivity index (χ0v) is 14.6. The molecule has 0 amide bonds. The summed E-state index contributed by atoms with van der Waals surface area (Å²) >= 11 is 0. The highest BCUT2D eigenvalue weighted by atomic mass is 19.2. The van der Waals surface area contributed by atoms with Gasteiger partial charge in [0, 0.05) is 0 Å². The largest absolute Gasteiger partial charge is 0.423 e. The van der Waals surface area contributed by atoms with Crippen LogP contribution in [0.2, 0.25) is 0 Å². The Labute approximate surface area is 151 Å². The predicted octanol–water partition coefficient (Wildman–Crippen LogP) is 6.07.